The fraction of sp³-hybridized carbons (Fsp3) is 0.500. The van der Waals surface area contributed by atoms with Gasteiger partial charge in [-0.2, -0.15) is 0 Å². The number of aldehydes is 1. The minimum atomic E-state index is -0.103. The van der Waals surface area contributed by atoms with Gasteiger partial charge in [0.05, 0.1) is 0 Å². The van der Waals surface area contributed by atoms with Gasteiger partial charge >= 0.3 is 0 Å². The van der Waals surface area contributed by atoms with Crippen LogP contribution in [0.15, 0.2) is 24.3 Å². The summed E-state index contributed by atoms with van der Waals surface area (Å²) in [6.07, 6.45) is 7.24. The van der Waals surface area contributed by atoms with Gasteiger partial charge in [-0.05, 0) is 62.5 Å². The maximum atomic E-state index is 10.5. The van der Waals surface area contributed by atoms with Crippen molar-refractivity contribution in [1.82, 2.24) is 0 Å². The molecule has 3 heteroatoms. The predicted molar refractivity (Wildman–Crippen MR) is 93.3 cm³/mol. The minimum absolute atomic E-state index is 0.103. The van der Waals surface area contributed by atoms with Crippen LogP contribution in [0.3, 0.4) is 0 Å². The van der Waals surface area contributed by atoms with Gasteiger partial charge in [-0.25, -0.2) is 0 Å². The van der Waals surface area contributed by atoms with E-state index in [0.29, 0.717) is 0 Å². The summed E-state index contributed by atoms with van der Waals surface area (Å²) in [5.74, 6) is 0. The molecule has 21 heavy (non-hydrogen) atoms. The van der Waals surface area contributed by atoms with Crippen LogP contribution in [0, 0.1) is 6.92 Å². The van der Waals surface area contributed by atoms with E-state index in [1.807, 2.05) is 6.08 Å². The minimum Gasteiger partial charge on any atom is -0.374 e. The molecule has 0 fully saturated rings. The molecule has 0 aliphatic carbocycles. The third-order valence-corrected chi connectivity index (χ3v) is 4.34. The SMILES string of the molecule is CCC(C)(Cl)CCCN(C)c1cc(C)ccc1/C=C\C=O. The number of anilines is 1. The first kappa shape index (κ1) is 17.8. The lowest BCUT2D eigenvalue weighted by Gasteiger charge is -2.25. The molecule has 1 unspecified atom stereocenters. The highest BCUT2D eigenvalue weighted by Crippen LogP contribution is 2.27. The molecule has 1 atom stereocenters. The van der Waals surface area contributed by atoms with Crippen LogP contribution in [0.5, 0.6) is 0 Å². The Labute approximate surface area is 133 Å². The quantitative estimate of drug-likeness (QED) is 0.389. The maximum Gasteiger partial charge on any atom is 0.142 e. The van der Waals surface area contributed by atoms with Crippen LogP contribution in [0.25, 0.3) is 6.08 Å². The van der Waals surface area contributed by atoms with E-state index in [-0.39, 0.29) is 4.87 Å². The summed E-state index contributed by atoms with van der Waals surface area (Å²) in [6.45, 7) is 7.25. The molecule has 0 aliphatic rings. The third-order valence-electron chi connectivity index (χ3n) is 3.88. The van der Waals surface area contributed by atoms with Crippen molar-refractivity contribution in [3.05, 3.63) is 35.4 Å². The number of nitrogens with zero attached hydrogens (tertiary/aromatic N) is 1. The second-order valence-corrected chi connectivity index (χ2v) is 6.76. The van der Waals surface area contributed by atoms with Gasteiger partial charge in [-0.1, -0.05) is 19.1 Å². The number of carbonyl (C=O) groups is 1. The average Bonchev–Trinajstić information content (AvgIpc) is 2.45. The second-order valence-electron chi connectivity index (χ2n) is 5.85. The Hall–Kier alpha value is -1.28. The molecule has 1 rings (SSSR count). The van der Waals surface area contributed by atoms with Crippen LogP contribution < -0.4 is 4.90 Å². The van der Waals surface area contributed by atoms with Crippen molar-refractivity contribution in [2.45, 2.75) is 44.9 Å². The van der Waals surface area contributed by atoms with E-state index in [4.69, 9.17) is 11.6 Å². The third kappa shape index (κ3) is 5.92. The Morgan fingerprint density at radius 1 is 1.38 bits per heavy atom. The smallest absolute Gasteiger partial charge is 0.142 e. The molecule has 0 bridgehead atoms. The number of allylic oxidation sites excluding steroid dienone is 1. The van der Waals surface area contributed by atoms with Crippen molar-refractivity contribution in [2.75, 3.05) is 18.5 Å². The Balaban J connectivity index is 2.76. The molecule has 0 aliphatic heterocycles. The van der Waals surface area contributed by atoms with E-state index in [2.05, 4.69) is 50.9 Å². The van der Waals surface area contributed by atoms with Crippen molar-refractivity contribution in [3.63, 3.8) is 0 Å². The fourth-order valence-electron chi connectivity index (χ4n) is 2.25. The summed E-state index contributed by atoms with van der Waals surface area (Å²) in [4.78, 5) is 12.7. The first-order chi connectivity index (χ1) is 9.89. The topological polar surface area (TPSA) is 20.3 Å². The van der Waals surface area contributed by atoms with E-state index >= 15 is 0 Å². The zero-order valence-corrected chi connectivity index (χ0v) is 14.3. The monoisotopic (exact) mass is 307 g/mol. The van der Waals surface area contributed by atoms with Crippen molar-refractivity contribution in [2.24, 2.45) is 0 Å². The van der Waals surface area contributed by atoms with Crippen LogP contribution in [-0.4, -0.2) is 24.8 Å². The van der Waals surface area contributed by atoms with Crippen LogP contribution >= 0.6 is 11.6 Å². The molecular weight excluding hydrogens is 282 g/mol. The first-order valence-electron chi connectivity index (χ1n) is 7.52. The Morgan fingerprint density at radius 2 is 2.10 bits per heavy atom. The molecule has 1 aromatic carbocycles. The predicted octanol–water partition coefficient (Wildman–Crippen LogP) is 4.83. The van der Waals surface area contributed by atoms with Gasteiger partial charge in [0.1, 0.15) is 6.29 Å². The van der Waals surface area contributed by atoms with Gasteiger partial charge in [0.25, 0.3) is 0 Å². The van der Waals surface area contributed by atoms with Crippen molar-refractivity contribution in [3.8, 4) is 0 Å². The van der Waals surface area contributed by atoms with E-state index in [0.717, 1.165) is 43.3 Å². The molecule has 116 valence electrons. The summed E-state index contributed by atoms with van der Waals surface area (Å²) in [7, 11) is 2.09. The number of hydrogen-bond acceptors (Lipinski definition) is 2. The Kier molecular flexibility index (Phi) is 6.97. The fourth-order valence-corrected chi connectivity index (χ4v) is 2.38. The van der Waals surface area contributed by atoms with Crippen LogP contribution in [0.4, 0.5) is 5.69 Å². The number of rotatable bonds is 8. The number of carbonyl (C=O) groups excluding carboxylic acids is 1. The van der Waals surface area contributed by atoms with Gasteiger partial charge in [0.2, 0.25) is 0 Å². The zero-order valence-electron chi connectivity index (χ0n) is 13.5. The first-order valence-corrected chi connectivity index (χ1v) is 7.90. The summed E-state index contributed by atoms with van der Waals surface area (Å²) < 4.78 is 0. The number of alkyl halides is 1. The molecule has 0 amide bonds. The summed E-state index contributed by atoms with van der Waals surface area (Å²) in [5, 5.41) is 0. The number of aryl methyl sites for hydroxylation is 1. The molecule has 0 heterocycles. The highest BCUT2D eigenvalue weighted by molar-refractivity contribution is 6.23. The summed E-state index contributed by atoms with van der Waals surface area (Å²) in [6, 6.07) is 6.28. The standard InChI is InChI=1S/C18H26ClNO/c1-5-18(3,19)11-7-12-20(4)17-14-15(2)9-10-16(17)8-6-13-21/h6,8-10,13-14H,5,7,11-12H2,1-4H3/b8-6-. The molecule has 1 aromatic rings. The summed E-state index contributed by atoms with van der Waals surface area (Å²) >= 11 is 6.41. The largest absolute Gasteiger partial charge is 0.374 e. The van der Waals surface area contributed by atoms with E-state index in [1.54, 1.807) is 0 Å². The number of halogens is 1. The molecular formula is C18H26ClNO. The normalized spacial score (nSPS) is 14.1. The van der Waals surface area contributed by atoms with Gasteiger partial charge in [-0.15, -0.1) is 11.6 Å². The zero-order chi connectivity index (χ0) is 15.9. The highest BCUT2D eigenvalue weighted by atomic mass is 35.5. The van der Waals surface area contributed by atoms with Gasteiger partial charge in [0.15, 0.2) is 0 Å². The van der Waals surface area contributed by atoms with E-state index in [9.17, 15) is 4.79 Å². The molecule has 0 aromatic heterocycles. The molecule has 0 N–H and O–H groups in total. The molecule has 0 radical (unpaired) electrons. The van der Waals surface area contributed by atoms with Gasteiger partial charge in [0, 0.05) is 24.2 Å². The lowest BCUT2D eigenvalue weighted by Crippen LogP contribution is -2.23. The van der Waals surface area contributed by atoms with Crippen LogP contribution in [0.1, 0.15) is 44.2 Å². The maximum absolute atomic E-state index is 10.5. The number of hydrogen-bond donors (Lipinski definition) is 0. The molecule has 2 nitrogen and oxygen atoms in total. The van der Waals surface area contributed by atoms with Gasteiger partial charge < -0.3 is 4.90 Å². The Bertz CT molecular complexity index is 494. The molecule has 0 spiro atoms. The van der Waals surface area contributed by atoms with Crippen molar-refractivity contribution in [1.29, 1.82) is 0 Å². The molecule has 0 saturated carbocycles. The van der Waals surface area contributed by atoms with Crippen molar-refractivity contribution >= 4 is 29.7 Å². The van der Waals surface area contributed by atoms with Gasteiger partial charge in [-0.3, -0.25) is 4.79 Å². The number of benzene rings is 1. The van der Waals surface area contributed by atoms with E-state index in [1.165, 1.54) is 11.6 Å². The highest BCUT2D eigenvalue weighted by Gasteiger charge is 2.17. The molecule has 0 saturated heterocycles. The Morgan fingerprint density at radius 3 is 2.71 bits per heavy atom. The summed E-state index contributed by atoms with van der Waals surface area (Å²) in [5.41, 5.74) is 3.44. The lowest BCUT2D eigenvalue weighted by molar-refractivity contribution is -0.104. The van der Waals surface area contributed by atoms with Crippen molar-refractivity contribution < 1.29 is 4.79 Å². The lowest BCUT2D eigenvalue weighted by atomic mass is 10.0. The average molecular weight is 308 g/mol. The van der Waals surface area contributed by atoms with Crippen LogP contribution in [-0.2, 0) is 4.79 Å². The van der Waals surface area contributed by atoms with Crippen LogP contribution in [0.2, 0.25) is 0 Å². The van der Waals surface area contributed by atoms with E-state index < -0.39 is 0 Å². The second kappa shape index (κ2) is 8.23.